The molecule has 1 aliphatic heterocycles. The van der Waals surface area contributed by atoms with Crippen molar-refractivity contribution >= 4 is 10.9 Å². The van der Waals surface area contributed by atoms with E-state index in [1.165, 1.54) is 47.5 Å². The van der Waals surface area contributed by atoms with Gasteiger partial charge in [0.05, 0.1) is 0 Å². The average molecular weight is 308 g/mol. The first-order valence-corrected chi connectivity index (χ1v) is 8.41. The van der Waals surface area contributed by atoms with Crippen molar-refractivity contribution in [3.8, 4) is 11.1 Å². The number of nitrogens with one attached hydrogen (secondary N) is 2. The topological polar surface area (TPSA) is 27.8 Å². The van der Waals surface area contributed by atoms with Gasteiger partial charge in [-0.15, -0.1) is 0 Å². The molecule has 0 fully saturated rings. The van der Waals surface area contributed by atoms with Gasteiger partial charge in [0, 0.05) is 23.1 Å². The molecule has 2 nitrogen and oxygen atoms in total. The Bertz CT molecular complexity index is 835. The standard InChI is InChI=1S/C20H21FN2/c21-16-6-4-5-14(11-16)15-8-9-20-17(12-15)18-13-22-10-3-1-2-7-19(18)23-20/h4-6,8-9,11-12,22-23H,1-3,7,10,13H2. The van der Waals surface area contributed by atoms with E-state index in [4.69, 9.17) is 0 Å². The lowest BCUT2D eigenvalue weighted by Crippen LogP contribution is -2.14. The van der Waals surface area contributed by atoms with Gasteiger partial charge in [-0.1, -0.05) is 24.6 Å². The van der Waals surface area contributed by atoms with Crippen molar-refractivity contribution in [3.63, 3.8) is 0 Å². The van der Waals surface area contributed by atoms with Crippen LogP contribution in [-0.4, -0.2) is 11.5 Å². The molecule has 2 heterocycles. The van der Waals surface area contributed by atoms with Crippen LogP contribution in [0.4, 0.5) is 4.39 Å². The number of fused-ring (bicyclic) bond motifs is 3. The molecule has 118 valence electrons. The number of aromatic nitrogens is 1. The molecule has 23 heavy (non-hydrogen) atoms. The molecule has 2 N–H and O–H groups in total. The lowest BCUT2D eigenvalue weighted by atomic mass is 10.0. The van der Waals surface area contributed by atoms with Crippen LogP contribution < -0.4 is 5.32 Å². The van der Waals surface area contributed by atoms with E-state index in [1.807, 2.05) is 6.07 Å². The van der Waals surface area contributed by atoms with E-state index >= 15 is 0 Å². The maximum atomic E-state index is 13.5. The highest BCUT2D eigenvalue weighted by molar-refractivity contribution is 5.89. The lowest BCUT2D eigenvalue weighted by Gasteiger charge is -2.06. The highest BCUT2D eigenvalue weighted by atomic mass is 19.1. The normalized spacial score (nSPS) is 15.7. The molecule has 0 radical (unpaired) electrons. The summed E-state index contributed by atoms with van der Waals surface area (Å²) in [6.07, 6.45) is 4.87. The predicted molar refractivity (Wildman–Crippen MR) is 93.0 cm³/mol. The summed E-state index contributed by atoms with van der Waals surface area (Å²) in [5, 5.41) is 4.81. The molecular formula is C20H21FN2. The van der Waals surface area contributed by atoms with Crippen LogP contribution in [0.2, 0.25) is 0 Å². The number of benzene rings is 2. The van der Waals surface area contributed by atoms with Crippen molar-refractivity contribution in [2.24, 2.45) is 0 Å². The molecule has 0 spiro atoms. The SMILES string of the molecule is Fc1cccc(-c2ccc3[nH]c4c(c3c2)CNCCCCC4)c1. The second kappa shape index (κ2) is 6.17. The van der Waals surface area contributed by atoms with Gasteiger partial charge in [-0.3, -0.25) is 0 Å². The number of aromatic amines is 1. The third-order valence-electron chi connectivity index (χ3n) is 4.73. The summed E-state index contributed by atoms with van der Waals surface area (Å²) in [4.78, 5) is 3.59. The summed E-state index contributed by atoms with van der Waals surface area (Å²) in [5.74, 6) is -0.190. The first-order chi connectivity index (χ1) is 11.3. The predicted octanol–water partition coefficient (Wildman–Crippen LogP) is 4.79. The molecule has 4 rings (SSSR count). The minimum atomic E-state index is -0.190. The van der Waals surface area contributed by atoms with Gasteiger partial charge in [0.2, 0.25) is 0 Å². The van der Waals surface area contributed by atoms with Crippen LogP contribution in [0.25, 0.3) is 22.0 Å². The third kappa shape index (κ3) is 2.89. The fraction of sp³-hybridized carbons (Fsp3) is 0.300. The van der Waals surface area contributed by atoms with E-state index in [-0.39, 0.29) is 5.82 Å². The fourth-order valence-electron chi connectivity index (χ4n) is 3.51. The number of rotatable bonds is 1. The molecule has 0 saturated carbocycles. The van der Waals surface area contributed by atoms with Gasteiger partial charge in [-0.2, -0.15) is 0 Å². The lowest BCUT2D eigenvalue weighted by molar-refractivity contribution is 0.620. The highest BCUT2D eigenvalue weighted by Gasteiger charge is 2.13. The van der Waals surface area contributed by atoms with E-state index in [9.17, 15) is 4.39 Å². The Morgan fingerprint density at radius 1 is 0.913 bits per heavy atom. The summed E-state index contributed by atoms with van der Waals surface area (Å²) in [7, 11) is 0. The van der Waals surface area contributed by atoms with Crippen molar-refractivity contribution in [1.29, 1.82) is 0 Å². The first kappa shape index (κ1) is 14.5. The van der Waals surface area contributed by atoms with Crippen LogP contribution in [0.3, 0.4) is 0 Å². The van der Waals surface area contributed by atoms with E-state index in [2.05, 4.69) is 28.5 Å². The zero-order chi connectivity index (χ0) is 15.6. The first-order valence-electron chi connectivity index (χ1n) is 8.41. The number of aryl methyl sites for hydroxylation is 1. The Labute approximate surface area is 135 Å². The molecule has 0 aliphatic carbocycles. The molecule has 1 aliphatic rings. The number of hydrogen-bond donors (Lipinski definition) is 2. The summed E-state index contributed by atoms with van der Waals surface area (Å²) < 4.78 is 13.5. The minimum absolute atomic E-state index is 0.190. The Balaban J connectivity index is 1.81. The molecule has 0 saturated heterocycles. The molecule has 0 bridgehead atoms. The van der Waals surface area contributed by atoms with Crippen molar-refractivity contribution in [1.82, 2.24) is 10.3 Å². The Kier molecular flexibility index (Phi) is 3.88. The average Bonchev–Trinajstić information content (AvgIpc) is 2.94. The van der Waals surface area contributed by atoms with Crippen LogP contribution in [0, 0.1) is 5.82 Å². The van der Waals surface area contributed by atoms with Crippen molar-refractivity contribution in [2.45, 2.75) is 32.2 Å². The van der Waals surface area contributed by atoms with Gasteiger partial charge in [0.25, 0.3) is 0 Å². The van der Waals surface area contributed by atoms with Crippen LogP contribution in [0.5, 0.6) is 0 Å². The largest absolute Gasteiger partial charge is 0.358 e. The molecule has 3 aromatic rings. The van der Waals surface area contributed by atoms with E-state index < -0.39 is 0 Å². The molecule has 0 atom stereocenters. The number of H-pyrrole nitrogens is 1. The second-order valence-electron chi connectivity index (χ2n) is 6.34. The van der Waals surface area contributed by atoms with Crippen LogP contribution in [-0.2, 0) is 13.0 Å². The molecular weight excluding hydrogens is 287 g/mol. The maximum absolute atomic E-state index is 13.5. The van der Waals surface area contributed by atoms with E-state index in [0.717, 1.165) is 30.6 Å². The smallest absolute Gasteiger partial charge is 0.123 e. The summed E-state index contributed by atoms with van der Waals surface area (Å²) in [5.41, 5.74) is 5.90. The second-order valence-corrected chi connectivity index (χ2v) is 6.34. The van der Waals surface area contributed by atoms with E-state index in [0.29, 0.717) is 0 Å². The zero-order valence-corrected chi connectivity index (χ0v) is 13.2. The Morgan fingerprint density at radius 2 is 1.83 bits per heavy atom. The molecule has 0 unspecified atom stereocenters. The van der Waals surface area contributed by atoms with Crippen LogP contribution >= 0.6 is 0 Å². The van der Waals surface area contributed by atoms with Crippen molar-refractivity contribution in [2.75, 3.05) is 6.54 Å². The minimum Gasteiger partial charge on any atom is -0.358 e. The Hall–Kier alpha value is -2.13. The van der Waals surface area contributed by atoms with Gasteiger partial charge >= 0.3 is 0 Å². The van der Waals surface area contributed by atoms with Crippen molar-refractivity contribution in [3.05, 3.63) is 59.5 Å². The van der Waals surface area contributed by atoms with Gasteiger partial charge in [-0.25, -0.2) is 4.39 Å². The third-order valence-corrected chi connectivity index (χ3v) is 4.73. The molecule has 0 amide bonds. The van der Waals surface area contributed by atoms with Crippen LogP contribution in [0.1, 0.15) is 30.5 Å². The van der Waals surface area contributed by atoms with Gasteiger partial charge in [-0.05, 0) is 66.8 Å². The fourth-order valence-corrected chi connectivity index (χ4v) is 3.51. The van der Waals surface area contributed by atoms with Gasteiger partial charge in [0.1, 0.15) is 5.82 Å². The molecule has 2 aromatic carbocycles. The highest BCUT2D eigenvalue weighted by Crippen LogP contribution is 2.30. The number of hydrogen-bond acceptors (Lipinski definition) is 1. The summed E-state index contributed by atoms with van der Waals surface area (Å²) in [6.45, 7) is 1.98. The number of halogens is 1. The Morgan fingerprint density at radius 3 is 2.74 bits per heavy atom. The monoisotopic (exact) mass is 308 g/mol. The summed E-state index contributed by atoms with van der Waals surface area (Å²) in [6, 6.07) is 13.2. The van der Waals surface area contributed by atoms with Gasteiger partial charge < -0.3 is 10.3 Å². The van der Waals surface area contributed by atoms with Gasteiger partial charge in [0.15, 0.2) is 0 Å². The maximum Gasteiger partial charge on any atom is 0.123 e. The summed E-state index contributed by atoms with van der Waals surface area (Å²) >= 11 is 0. The van der Waals surface area contributed by atoms with Crippen molar-refractivity contribution < 1.29 is 4.39 Å². The van der Waals surface area contributed by atoms with E-state index in [1.54, 1.807) is 12.1 Å². The molecule has 1 aromatic heterocycles. The zero-order valence-electron chi connectivity index (χ0n) is 13.2. The quantitative estimate of drug-likeness (QED) is 0.664. The molecule has 3 heteroatoms. The van der Waals surface area contributed by atoms with Crippen LogP contribution in [0.15, 0.2) is 42.5 Å².